The Balaban J connectivity index is 0. The van der Waals surface area contributed by atoms with Crippen LogP contribution in [0.3, 0.4) is 0 Å². The number of hydrogen-bond acceptors (Lipinski definition) is 24. The van der Waals surface area contributed by atoms with Crippen molar-refractivity contribution in [1.29, 1.82) is 0 Å². The topological polar surface area (TPSA) is 530 Å². The van der Waals surface area contributed by atoms with Gasteiger partial charge in [-0.15, -0.1) is 0 Å². The summed E-state index contributed by atoms with van der Waals surface area (Å²) in [7, 11) is 0. The fourth-order valence-electron chi connectivity index (χ4n) is 3.71. The minimum absolute atomic E-state index is 0.289. The number of phenolic OH excluding ortho intramolecular Hbond substituents is 9. The summed E-state index contributed by atoms with van der Waals surface area (Å²) in [6.45, 7) is 0.545. The Labute approximate surface area is 346 Å². The molecular formula is C35H46O27. The number of carboxylic acid groups (broad SMARTS) is 3. The molecule has 0 radical (unpaired) electrons. The average molecular weight is 899 g/mol. The lowest BCUT2D eigenvalue weighted by molar-refractivity contribution is -0.145. The van der Waals surface area contributed by atoms with E-state index in [1.54, 1.807) is 0 Å². The molecule has 0 aliphatic heterocycles. The van der Waals surface area contributed by atoms with Gasteiger partial charge in [0.2, 0.25) is 0 Å². The fourth-order valence-corrected chi connectivity index (χ4v) is 3.71. The van der Waals surface area contributed by atoms with Crippen molar-refractivity contribution in [2.75, 3.05) is 13.2 Å². The molecule has 0 bridgehead atoms. The molecule has 27 nitrogen and oxygen atoms in total. The molecule has 0 saturated carbocycles. The second-order valence-electron chi connectivity index (χ2n) is 12.1. The van der Waals surface area contributed by atoms with Crippen LogP contribution in [0, 0.1) is 0 Å². The van der Waals surface area contributed by atoms with Crippen molar-refractivity contribution in [3.8, 4) is 51.7 Å². The molecule has 62 heavy (non-hydrogen) atoms. The Kier molecular flexibility index (Phi) is 24.4. The van der Waals surface area contributed by atoms with Gasteiger partial charge in [-0.2, -0.15) is 0 Å². The molecule has 3 aromatic rings. The predicted octanol–water partition coefficient (Wildman–Crippen LogP) is -4.47. The third-order valence-corrected chi connectivity index (χ3v) is 7.29. The number of phenols is 9. The summed E-state index contributed by atoms with van der Waals surface area (Å²) in [5.74, 6) is -11.4. The molecule has 27 heteroatoms. The Morgan fingerprint density at radius 3 is 0.694 bits per heavy atom. The molecule has 0 aromatic heterocycles. The summed E-state index contributed by atoms with van der Waals surface area (Å²) in [5.41, 5.74) is -0.867. The Morgan fingerprint density at radius 1 is 0.387 bits per heavy atom. The second kappa shape index (κ2) is 26.4. The predicted molar refractivity (Wildman–Crippen MR) is 199 cm³/mol. The van der Waals surface area contributed by atoms with Gasteiger partial charge in [-0.05, 0) is 50.2 Å². The van der Waals surface area contributed by atoms with E-state index in [1.807, 2.05) is 0 Å². The van der Waals surface area contributed by atoms with Gasteiger partial charge < -0.3 is 112 Å². The van der Waals surface area contributed by atoms with Crippen molar-refractivity contribution in [1.82, 2.24) is 0 Å². The van der Waals surface area contributed by atoms with Crippen LogP contribution in [-0.2, 0) is 9.59 Å². The summed E-state index contributed by atoms with van der Waals surface area (Å²) >= 11 is 0. The molecule has 3 rings (SSSR count). The molecule has 0 unspecified atom stereocenters. The monoisotopic (exact) mass is 898 g/mol. The molecule has 0 saturated heterocycles. The number of aromatic hydroxyl groups is 9. The molecule has 0 spiro atoms. The molecule has 0 aliphatic rings. The zero-order valence-electron chi connectivity index (χ0n) is 31.9. The summed E-state index contributed by atoms with van der Waals surface area (Å²) in [6.07, 6.45) is -13.7. The molecule has 0 fully saturated rings. The first-order valence-electron chi connectivity index (χ1n) is 16.5. The lowest BCUT2D eigenvalue weighted by Crippen LogP contribution is -2.48. The van der Waals surface area contributed by atoms with Crippen molar-refractivity contribution < 1.29 is 136 Å². The molecule has 8 atom stereocenters. The highest BCUT2D eigenvalue weighted by atomic mass is 16.4. The first kappa shape index (κ1) is 57.3. The van der Waals surface area contributed by atoms with Gasteiger partial charge in [-0.25, -0.2) is 14.4 Å². The molecule has 22 N–H and O–H groups in total. The van der Waals surface area contributed by atoms with Gasteiger partial charge in [0.15, 0.2) is 63.3 Å². The van der Waals surface area contributed by atoms with Crippen LogP contribution in [0.4, 0.5) is 0 Å². The van der Waals surface area contributed by atoms with Gasteiger partial charge in [-0.3, -0.25) is 9.59 Å². The van der Waals surface area contributed by atoms with Crippen LogP contribution >= 0.6 is 0 Å². The number of carboxylic acids is 3. The number of aliphatic hydroxyl groups is 10. The SMILES string of the molecule is CC(=O)[C@H](O)[C@@H](O)[C@H](O)[C@H](O)CO.CC(=O)[C@H](O)[C@@H](O)[C@H](O)[C@H](O)CO.O=C(O)c1cc(O)c(O)c(O)c1.O=C(O)c1cc(O)c(O)c(O)c1.O=C(O)c1cc(O)c(O)c(O)c1. The molecule has 3 aromatic carbocycles. The van der Waals surface area contributed by atoms with Crippen LogP contribution in [0.1, 0.15) is 44.9 Å². The lowest BCUT2D eigenvalue weighted by Gasteiger charge is -2.23. The molecule has 348 valence electrons. The lowest BCUT2D eigenvalue weighted by atomic mass is 10.0. The minimum atomic E-state index is -1.79. The number of carbonyl (C=O) groups is 5. The van der Waals surface area contributed by atoms with E-state index >= 15 is 0 Å². The highest BCUT2D eigenvalue weighted by Crippen LogP contribution is 2.37. The van der Waals surface area contributed by atoms with E-state index in [9.17, 15) is 24.0 Å². The number of rotatable bonds is 13. The van der Waals surface area contributed by atoms with E-state index in [4.69, 9.17) is 112 Å². The van der Waals surface area contributed by atoms with Crippen molar-refractivity contribution >= 4 is 29.5 Å². The van der Waals surface area contributed by atoms with Crippen molar-refractivity contribution in [3.05, 3.63) is 53.1 Å². The number of hydrogen-bond donors (Lipinski definition) is 22. The number of Topliss-reactive ketones (excluding diaryl/α,β-unsaturated/α-hetero) is 2. The number of carbonyl (C=O) groups excluding carboxylic acids is 2. The van der Waals surface area contributed by atoms with Gasteiger partial charge in [0.05, 0.1) is 29.9 Å². The van der Waals surface area contributed by atoms with Crippen LogP contribution in [0.5, 0.6) is 51.7 Å². The molecule has 0 heterocycles. The van der Waals surface area contributed by atoms with E-state index in [0.29, 0.717) is 0 Å². The van der Waals surface area contributed by atoms with Crippen molar-refractivity contribution in [3.63, 3.8) is 0 Å². The second-order valence-corrected chi connectivity index (χ2v) is 12.1. The van der Waals surface area contributed by atoms with E-state index < -0.39 is 143 Å². The summed E-state index contributed by atoms with van der Waals surface area (Å²) in [5, 5.41) is 193. The van der Waals surface area contributed by atoms with Crippen LogP contribution in [0.2, 0.25) is 0 Å². The Morgan fingerprint density at radius 2 is 0.565 bits per heavy atom. The van der Waals surface area contributed by atoms with E-state index in [1.165, 1.54) is 0 Å². The molecular weight excluding hydrogens is 852 g/mol. The summed E-state index contributed by atoms with van der Waals surface area (Å²) in [6, 6.07) is 5.07. The van der Waals surface area contributed by atoms with Gasteiger partial charge in [0, 0.05) is 0 Å². The van der Waals surface area contributed by atoms with E-state index in [0.717, 1.165) is 50.2 Å². The quantitative estimate of drug-likeness (QED) is 0.0719. The molecule has 0 aliphatic carbocycles. The average Bonchev–Trinajstić information content (AvgIpc) is 3.21. The van der Waals surface area contributed by atoms with Gasteiger partial charge in [-0.1, -0.05) is 0 Å². The first-order valence-corrected chi connectivity index (χ1v) is 16.5. The minimum Gasteiger partial charge on any atom is -0.504 e. The van der Waals surface area contributed by atoms with E-state index in [2.05, 4.69) is 0 Å². The van der Waals surface area contributed by atoms with Crippen molar-refractivity contribution in [2.45, 2.75) is 62.7 Å². The molecule has 0 amide bonds. The van der Waals surface area contributed by atoms with Crippen LogP contribution in [0.15, 0.2) is 36.4 Å². The van der Waals surface area contributed by atoms with Crippen LogP contribution in [0.25, 0.3) is 0 Å². The van der Waals surface area contributed by atoms with Crippen LogP contribution < -0.4 is 0 Å². The van der Waals surface area contributed by atoms with Gasteiger partial charge in [0.1, 0.15) is 48.8 Å². The largest absolute Gasteiger partial charge is 0.504 e. The van der Waals surface area contributed by atoms with E-state index in [-0.39, 0.29) is 16.7 Å². The third kappa shape index (κ3) is 18.2. The zero-order chi connectivity index (χ0) is 49.1. The first-order chi connectivity index (χ1) is 28.4. The highest BCUT2D eigenvalue weighted by molar-refractivity contribution is 5.90. The normalized spacial score (nSPS) is 14.2. The summed E-state index contributed by atoms with van der Waals surface area (Å²) < 4.78 is 0. The maximum Gasteiger partial charge on any atom is 0.335 e. The Bertz CT molecular complexity index is 1700. The standard InChI is InChI=1S/2C7H14O6.3C7H6O5/c2*1-3(9)5(11)7(13)6(12)4(10)2-8;3*8-4-1-3(7(11)12)2-5(9)6(4)10/h2*4-8,10-13H,2H2,1H3;3*1-2,8-10H,(H,11,12)/t2*4-,5+,6-,7-;;;/m11.../s1. The summed E-state index contributed by atoms with van der Waals surface area (Å²) in [4.78, 5) is 52.0. The fraction of sp³-hybridized carbons (Fsp3) is 0.343. The van der Waals surface area contributed by atoms with Crippen LogP contribution in [-0.4, -0.2) is 204 Å². The van der Waals surface area contributed by atoms with Gasteiger partial charge >= 0.3 is 17.9 Å². The third-order valence-electron chi connectivity index (χ3n) is 7.29. The Hall–Kier alpha value is -6.79. The number of benzene rings is 3. The smallest absolute Gasteiger partial charge is 0.335 e. The number of ketones is 2. The maximum atomic E-state index is 10.5. The number of aromatic carboxylic acids is 3. The zero-order valence-corrected chi connectivity index (χ0v) is 31.9. The maximum absolute atomic E-state index is 10.5. The van der Waals surface area contributed by atoms with Crippen molar-refractivity contribution in [2.24, 2.45) is 0 Å². The highest BCUT2D eigenvalue weighted by Gasteiger charge is 2.33. The van der Waals surface area contributed by atoms with Gasteiger partial charge in [0.25, 0.3) is 0 Å². The number of aliphatic hydroxyl groups excluding tert-OH is 10.